The van der Waals surface area contributed by atoms with Crippen molar-refractivity contribution in [1.82, 2.24) is 0 Å². The molecule has 0 saturated heterocycles. The number of nitrogens with zero attached hydrogens (tertiary/aromatic N) is 8. The van der Waals surface area contributed by atoms with Crippen LogP contribution < -0.4 is 18.3 Å². The molecule has 0 amide bonds. The average Bonchev–Trinajstić information content (AvgIpc) is 1.27. The lowest BCUT2D eigenvalue weighted by atomic mass is 9.95. The number of rotatable bonds is 12. The van der Waals surface area contributed by atoms with E-state index in [0.717, 1.165) is 149 Å². The Balaban J connectivity index is 0.000000136. The first kappa shape index (κ1) is 74.0. The Bertz CT molecular complexity index is 9250. The lowest BCUT2D eigenvalue weighted by molar-refractivity contribution is -0.666. The van der Waals surface area contributed by atoms with Gasteiger partial charge in [-0.25, -0.2) is 19.4 Å². The highest BCUT2D eigenvalue weighted by atomic mass is 16.3. The van der Waals surface area contributed by atoms with Gasteiger partial charge in [-0.3, -0.25) is 0 Å². The van der Waals surface area contributed by atoms with E-state index in [1.54, 1.807) is 63.8 Å². The molecular weight excluding hydrogens is 1650 g/mol. The molecule has 0 spiro atoms. The van der Waals surface area contributed by atoms with Crippen molar-refractivity contribution in [2.24, 2.45) is 34.1 Å². The van der Waals surface area contributed by atoms with Crippen LogP contribution in [0.4, 0.5) is 22.7 Å². The summed E-state index contributed by atoms with van der Waals surface area (Å²) in [6.45, 7) is 61.7. The standard InChI is InChI=1S/C32H31N2O.2C31H29N2O.C29H25N2O/c1-19(2)16-23-17-22(5)34(7)28(18-23)29-21(4)10-13-25-26-14-15-27(33-6)30(32(26)35-31(25)29)24-11-8-20(3)9-12-24;2*1-18(2)23-16-21(5)33(7)27(17-23)28-20(4)10-13-24-25-14-15-26(32-6)29(31(25)34-30(24)28)22-11-8-19(3)9-12-22;1-17-7-10-21(11-8-17)27-24(30-5)14-13-23-22-12-9-19(3)26(28(22)32-29(23)27)25-16-18(2)15-20(4)31(25)6/h8-15,17-19H,16H2,1-5,7H3;2*8-18H,1-5,7H3;7-16H,1-4,6H3/q4*+1/i16D2,17D,18D;1D3,16D,17D,18D;16D,17D,18D;15D,16D. The number of hydrogen-bond donors (Lipinski definition) is 0. The molecule has 0 N–H and O–H groups in total. The van der Waals surface area contributed by atoms with Gasteiger partial charge in [0.1, 0.15) is 72.9 Å². The fourth-order valence-electron chi connectivity index (χ4n) is 18.0. The van der Waals surface area contributed by atoms with Crippen LogP contribution in [-0.2, 0) is 34.6 Å². The lowest BCUT2D eigenvalue weighted by Crippen LogP contribution is -2.35. The van der Waals surface area contributed by atoms with E-state index in [9.17, 15) is 2.74 Å². The van der Waals surface area contributed by atoms with Gasteiger partial charge < -0.3 is 17.7 Å². The summed E-state index contributed by atoms with van der Waals surface area (Å²) in [5, 5.41) is 7.03. The first-order valence-corrected chi connectivity index (χ1v) is 45.0. The molecule has 666 valence electrons. The molecular formula is C123H114N8O4+4. The number of aryl methyl sites for hydroxylation is 8. The molecule has 1 unspecified atom stereocenters. The van der Waals surface area contributed by atoms with E-state index in [1.165, 1.54) is 6.92 Å². The second kappa shape index (κ2) is 36.9. The average molecular weight is 1780 g/mol. The summed E-state index contributed by atoms with van der Waals surface area (Å²) in [5.74, 6) is -3.70. The van der Waals surface area contributed by atoms with Crippen molar-refractivity contribution in [3.05, 3.63) is 378 Å². The van der Waals surface area contributed by atoms with Crippen molar-refractivity contribution in [3.63, 3.8) is 0 Å². The minimum absolute atomic E-state index is 0.0107. The monoisotopic (exact) mass is 1780 g/mol. The summed E-state index contributed by atoms with van der Waals surface area (Å²) in [4.78, 5) is 15.1. The van der Waals surface area contributed by atoms with Crippen molar-refractivity contribution in [1.29, 1.82) is 0 Å². The van der Waals surface area contributed by atoms with Gasteiger partial charge in [-0.05, 0) is 153 Å². The highest BCUT2D eigenvalue weighted by Gasteiger charge is 2.32. The summed E-state index contributed by atoms with van der Waals surface area (Å²) < 4.78 is 164. The van der Waals surface area contributed by atoms with Crippen LogP contribution in [0.1, 0.15) is 163 Å². The Morgan fingerprint density at radius 3 is 0.778 bits per heavy atom. The number of furan rings is 4. The van der Waals surface area contributed by atoms with Gasteiger partial charge in [0.2, 0.25) is 22.8 Å². The Morgan fingerprint density at radius 1 is 0.281 bits per heavy atom. The van der Waals surface area contributed by atoms with Gasteiger partial charge in [0.05, 0.1) is 59.5 Å². The molecule has 12 heteroatoms. The Labute approximate surface area is 813 Å². The fourth-order valence-corrected chi connectivity index (χ4v) is 18.0. The first-order valence-electron chi connectivity index (χ1n) is 52.5. The van der Waals surface area contributed by atoms with Gasteiger partial charge in [0, 0.05) is 151 Å². The van der Waals surface area contributed by atoms with Crippen LogP contribution >= 0.6 is 0 Å². The normalized spacial score (nSPS) is 13.7. The summed E-state index contributed by atoms with van der Waals surface area (Å²) >= 11 is 0. The second-order valence-corrected chi connectivity index (χ2v) is 35.8. The maximum atomic E-state index is 9.22. The van der Waals surface area contributed by atoms with Crippen LogP contribution in [0.15, 0.2) is 260 Å². The molecule has 0 bridgehead atoms. The number of fused-ring (bicyclic) bond motifs is 12. The van der Waals surface area contributed by atoms with Crippen LogP contribution in [0.3, 0.4) is 0 Å². The molecule has 0 fully saturated rings. The van der Waals surface area contributed by atoms with Gasteiger partial charge in [-0.2, -0.15) is 18.3 Å². The number of aromatic nitrogens is 4. The predicted octanol–water partition coefficient (Wildman–Crippen LogP) is 32.6. The zero-order chi connectivity index (χ0) is 109. The molecule has 20 rings (SSSR count). The Kier molecular flexibility index (Phi) is 20.2. The zero-order valence-electron chi connectivity index (χ0n) is 95.3. The molecule has 0 saturated carbocycles. The van der Waals surface area contributed by atoms with Crippen molar-refractivity contribution in [2.75, 3.05) is 0 Å². The molecule has 8 aromatic heterocycles. The van der Waals surface area contributed by atoms with E-state index in [1.807, 2.05) is 282 Å². The maximum Gasteiger partial charge on any atom is 0.216 e. The minimum Gasteiger partial charge on any atom is -0.456 e. The van der Waals surface area contributed by atoms with E-state index < -0.39 is 30.9 Å². The molecule has 20 aromatic rings. The molecule has 0 aliphatic rings. The quantitative estimate of drug-likeness (QED) is 0.0901. The third kappa shape index (κ3) is 16.9. The molecule has 0 aliphatic heterocycles. The number of benzene rings is 12. The highest BCUT2D eigenvalue weighted by Crippen LogP contribution is 2.51. The first-order chi connectivity index (χ1) is 70.8. The predicted molar refractivity (Wildman–Crippen MR) is 556 cm³/mol. The van der Waals surface area contributed by atoms with Gasteiger partial charge in [0.15, 0.2) is 45.5 Å². The topological polar surface area (TPSA) is 85.5 Å². The minimum atomic E-state index is -2.75. The van der Waals surface area contributed by atoms with Gasteiger partial charge in [-0.1, -0.05) is 258 Å². The smallest absolute Gasteiger partial charge is 0.216 e. The van der Waals surface area contributed by atoms with E-state index in [2.05, 4.69) is 31.5 Å². The van der Waals surface area contributed by atoms with Gasteiger partial charge >= 0.3 is 0 Å². The third-order valence-corrected chi connectivity index (χ3v) is 25.8. The fraction of sp³-hybridized carbons (Fsp3) is 0.220. The van der Waals surface area contributed by atoms with Gasteiger partial charge in [-0.15, -0.1) is 0 Å². The van der Waals surface area contributed by atoms with Crippen LogP contribution in [0.2, 0.25) is 0 Å². The van der Waals surface area contributed by atoms with Crippen LogP contribution in [-0.4, -0.2) is 0 Å². The van der Waals surface area contributed by atoms with Crippen molar-refractivity contribution >= 4 is 111 Å². The zero-order valence-corrected chi connectivity index (χ0v) is 80.3. The van der Waals surface area contributed by atoms with Gasteiger partial charge in [0.25, 0.3) is 0 Å². The van der Waals surface area contributed by atoms with Crippen molar-refractivity contribution in [2.45, 2.75) is 150 Å². The van der Waals surface area contributed by atoms with Crippen LogP contribution in [0.5, 0.6) is 0 Å². The summed E-state index contributed by atoms with van der Waals surface area (Å²) in [5.41, 5.74) is 30.2. The molecule has 8 heterocycles. The number of hydrogen-bond acceptors (Lipinski definition) is 4. The highest BCUT2D eigenvalue weighted by molar-refractivity contribution is 6.19. The van der Waals surface area contributed by atoms with Crippen molar-refractivity contribution in [3.8, 4) is 89.5 Å². The molecule has 1 atom stereocenters. The van der Waals surface area contributed by atoms with E-state index >= 15 is 0 Å². The molecule has 12 aromatic carbocycles. The molecule has 135 heavy (non-hydrogen) atoms. The maximum absolute atomic E-state index is 9.22. The number of pyridine rings is 4. The largest absolute Gasteiger partial charge is 0.456 e. The second-order valence-electron chi connectivity index (χ2n) is 35.8. The third-order valence-electron chi connectivity index (χ3n) is 25.8. The van der Waals surface area contributed by atoms with E-state index in [4.69, 9.17) is 61.8 Å². The summed E-state index contributed by atoms with van der Waals surface area (Å²) in [7, 11) is 7.30. The Morgan fingerprint density at radius 2 is 0.519 bits per heavy atom. The van der Waals surface area contributed by atoms with E-state index in [-0.39, 0.29) is 47.4 Å². The summed E-state index contributed by atoms with van der Waals surface area (Å²) in [6.07, 6.45) is -1.86. The Hall–Kier alpha value is -15.6. The molecule has 0 aliphatic carbocycles. The van der Waals surface area contributed by atoms with Crippen LogP contribution in [0, 0.1) is 122 Å². The SMILES string of the molecule is [2H]c1c(C([2H])(C)C([2H])([2H])[2H])c([2H])c(-c2c(C)ccc3c2oc2c(-c4ccc(C)cc4)c([N+]#[C-])ccc23)[n+](C)c1C.[2H]c1c(C([2H])(C)C)c([2H])c(-c2c(C)ccc3c2oc2c(-c4ccc(C)cc4)c([N+]#[C-])ccc23)[n+](C)c1C.[2H]c1c(C([2H])([2H])C(C)C)c([2H])c(-c2c(C)ccc3c2oc2c(-c4ccc(C)cc4)c([N+]#[C-])ccc23)[n+](C)c1C.[2H]c1c(C)c([2H])c(-c2c(C)ccc3c2oc2c(-c4ccc(C)cc4)c([N+]#[C-])ccc23)[n+](C)c1C. The molecule has 0 radical (unpaired) electrons. The summed E-state index contributed by atoms with van der Waals surface area (Å²) in [6, 6.07) is 63.9. The molecule has 12 nitrogen and oxygen atoms in total. The van der Waals surface area contributed by atoms with Crippen molar-refractivity contribution < 1.29 is 56.5 Å². The van der Waals surface area contributed by atoms with E-state index in [0.29, 0.717) is 141 Å². The lowest BCUT2D eigenvalue weighted by Gasteiger charge is -2.11. The van der Waals surface area contributed by atoms with Crippen LogP contribution in [0.25, 0.3) is 197 Å².